The van der Waals surface area contributed by atoms with E-state index < -0.39 is 10.2 Å². The van der Waals surface area contributed by atoms with Crippen LogP contribution in [0.5, 0.6) is 0 Å². The maximum absolute atomic E-state index is 11.8. The summed E-state index contributed by atoms with van der Waals surface area (Å²) in [6, 6.07) is 3.63. The first-order valence-electron chi connectivity index (χ1n) is 4.90. The fraction of sp³-hybridized carbons (Fsp3) is 0.200. The molecule has 0 aliphatic rings. The molecule has 0 saturated carbocycles. The zero-order chi connectivity index (χ0) is 12.5. The highest BCUT2D eigenvalue weighted by Crippen LogP contribution is 2.17. The van der Waals surface area contributed by atoms with Crippen LogP contribution < -0.4 is 0 Å². The lowest BCUT2D eigenvalue weighted by atomic mass is 10.2. The number of pyridine rings is 1. The van der Waals surface area contributed by atoms with Crippen molar-refractivity contribution in [2.75, 3.05) is 14.1 Å². The highest BCUT2D eigenvalue weighted by molar-refractivity contribution is 7.87. The minimum Gasteiger partial charge on any atom is -0.264 e. The van der Waals surface area contributed by atoms with Gasteiger partial charge in [-0.05, 0) is 6.07 Å². The van der Waals surface area contributed by atoms with Crippen molar-refractivity contribution in [2.24, 2.45) is 0 Å². The smallest absolute Gasteiger partial charge is 0.264 e. The average molecular weight is 252 g/mol. The Kier molecular flexibility index (Phi) is 2.95. The van der Waals surface area contributed by atoms with Gasteiger partial charge in [-0.15, -0.1) is 0 Å². The molecule has 17 heavy (non-hydrogen) atoms. The van der Waals surface area contributed by atoms with Crippen LogP contribution in [0.25, 0.3) is 11.1 Å². The van der Waals surface area contributed by atoms with E-state index >= 15 is 0 Å². The van der Waals surface area contributed by atoms with E-state index in [2.05, 4.69) is 10.1 Å². The number of rotatable bonds is 3. The van der Waals surface area contributed by atoms with Crippen LogP contribution in [0, 0.1) is 0 Å². The van der Waals surface area contributed by atoms with Crippen molar-refractivity contribution in [3.05, 3.63) is 36.9 Å². The fourth-order valence-electron chi connectivity index (χ4n) is 1.28. The predicted octanol–water partition coefficient (Wildman–Crippen LogP) is 0.600. The van der Waals surface area contributed by atoms with Crippen molar-refractivity contribution in [1.29, 1.82) is 0 Å². The molecule has 0 atom stereocenters. The van der Waals surface area contributed by atoms with Gasteiger partial charge in [-0.2, -0.15) is 21.9 Å². The van der Waals surface area contributed by atoms with Gasteiger partial charge >= 0.3 is 10.2 Å². The van der Waals surface area contributed by atoms with Crippen molar-refractivity contribution in [1.82, 2.24) is 18.5 Å². The van der Waals surface area contributed by atoms with Crippen LogP contribution in [-0.2, 0) is 10.2 Å². The Hall–Kier alpha value is -1.73. The molecule has 0 fully saturated rings. The minimum absolute atomic E-state index is 0.712. The van der Waals surface area contributed by atoms with Crippen molar-refractivity contribution >= 4 is 10.2 Å². The quantitative estimate of drug-likeness (QED) is 0.802. The summed E-state index contributed by atoms with van der Waals surface area (Å²) in [5, 5.41) is 3.84. The molecular weight excluding hydrogens is 240 g/mol. The van der Waals surface area contributed by atoms with E-state index in [9.17, 15) is 8.42 Å². The van der Waals surface area contributed by atoms with Gasteiger partial charge < -0.3 is 0 Å². The van der Waals surface area contributed by atoms with E-state index in [1.807, 2.05) is 6.07 Å². The largest absolute Gasteiger partial charge is 0.322 e. The van der Waals surface area contributed by atoms with Gasteiger partial charge in [0.2, 0.25) is 0 Å². The lowest BCUT2D eigenvalue weighted by molar-refractivity contribution is 0.504. The summed E-state index contributed by atoms with van der Waals surface area (Å²) in [4.78, 5) is 3.97. The second-order valence-corrected chi connectivity index (χ2v) is 5.63. The van der Waals surface area contributed by atoms with Crippen LogP contribution in [-0.4, -0.2) is 41.0 Å². The third-order valence-corrected chi connectivity index (χ3v) is 3.85. The van der Waals surface area contributed by atoms with Crippen molar-refractivity contribution in [3.8, 4) is 11.1 Å². The zero-order valence-electron chi connectivity index (χ0n) is 9.48. The highest BCUT2D eigenvalue weighted by atomic mass is 32.2. The summed E-state index contributed by atoms with van der Waals surface area (Å²) >= 11 is 0. The molecule has 2 heterocycles. The van der Waals surface area contributed by atoms with E-state index in [0.29, 0.717) is 5.56 Å². The Morgan fingerprint density at radius 2 is 2.00 bits per heavy atom. The second kappa shape index (κ2) is 4.27. The molecule has 6 nitrogen and oxygen atoms in total. The van der Waals surface area contributed by atoms with E-state index in [1.54, 1.807) is 18.5 Å². The monoisotopic (exact) mass is 252 g/mol. The average Bonchev–Trinajstić information content (AvgIpc) is 2.80. The topological polar surface area (TPSA) is 68.1 Å². The first kappa shape index (κ1) is 11.7. The van der Waals surface area contributed by atoms with Crippen LogP contribution in [0.15, 0.2) is 36.9 Å². The first-order valence-corrected chi connectivity index (χ1v) is 6.29. The third-order valence-electron chi connectivity index (χ3n) is 2.25. The molecule has 0 aromatic carbocycles. The van der Waals surface area contributed by atoms with Gasteiger partial charge in [0.1, 0.15) is 0 Å². The van der Waals surface area contributed by atoms with Gasteiger partial charge in [0.25, 0.3) is 0 Å². The SMILES string of the molecule is CN(C)S(=O)(=O)n1cc(-c2cccnc2)cn1. The summed E-state index contributed by atoms with van der Waals surface area (Å²) in [5.41, 5.74) is 1.54. The molecule has 7 heteroatoms. The van der Waals surface area contributed by atoms with Crippen LogP contribution in [0.4, 0.5) is 0 Å². The molecule has 2 aromatic heterocycles. The Morgan fingerprint density at radius 1 is 1.24 bits per heavy atom. The second-order valence-electron chi connectivity index (χ2n) is 3.63. The Morgan fingerprint density at radius 3 is 2.59 bits per heavy atom. The number of nitrogens with zero attached hydrogens (tertiary/aromatic N) is 4. The minimum atomic E-state index is -3.55. The fourth-order valence-corrected chi connectivity index (χ4v) is 2.03. The van der Waals surface area contributed by atoms with Crippen molar-refractivity contribution < 1.29 is 8.42 Å². The predicted molar refractivity (Wildman–Crippen MR) is 63.5 cm³/mol. The molecule has 0 spiro atoms. The maximum Gasteiger partial charge on any atom is 0.322 e. The summed E-state index contributed by atoms with van der Waals surface area (Å²) in [5.74, 6) is 0. The summed E-state index contributed by atoms with van der Waals surface area (Å²) in [7, 11) is -0.627. The first-order chi connectivity index (χ1) is 8.01. The van der Waals surface area contributed by atoms with E-state index in [4.69, 9.17) is 0 Å². The Bertz CT molecular complexity index is 604. The molecule has 2 rings (SSSR count). The van der Waals surface area contributed by atoms with Gasteiger partial charge in [0.15, 0.2) is 0 Å². The van der Waals surface area contributed by atoms with Gasteiger partial charge in [-0.3, -0.25) is 4.98 Å². The van der Waals surface area contributed by atoms with Crippen LogP contribution in [0.3, 0.4) is 0 Å². The molecule has 0 saturated heterocycles. The van der Waals surface area contributed by atoms with Gasteiger partial charge in [-0.25, -0.2) is 0 Å². The van der Waals surface area contributed by atoms with Crippen LogP contribution >= 0.6 is 0 Å². The summed E-state index contributed by atoms with van der Waals surface area (Å²) in [6.45, 7) is 0. The molecular formula is C10H12N4O2S. The normalized spacial score (nSPS) is 11.9. The molecule has 0 bridgehead atoms. The van der Waals surface area contributed by atoms with E-state index in [1.165, 1.54) is 26.5 Å². The summed E-state index contributed by atoms with van der Waals surface area (Å²) in [6.07, 6.45) is 6.28. The zero-order valence-corrected chi connectivity index (χ0v) is 10.3. The van der Waals surface area contributed by atoms with Gasteiger partial charge in [0, 0.05) is 37.6 Å². The summed E-state index contributed by atoms with van der Waals surface area (Å²) < 4.78 is 25.6. The molecule has 2 aromatic rings. The van der Waals surface area contributed by atoms with E-state index in [-0.39, 0.29) is 0 Å². The molecule has 0 amide bonds. The van der Waals surface area contributed by atoms with Crippen LogP contribution in [0.2, 0.25) is 0 Å². The molecule has 0 N–H and O–H groups in total. The molecule has 90 valence electrons. The van der Waals surface area contributed by atoms with E-state index in [0.717, 1.165) is 14.0 Å². The van der Waals surface area contributed by atoms with Crippen molar-refractivity contribution in [3.63, 3.8) is 0 Å². The number of aromatic nitrogens is 3. The Labute approximate surface area is 99.7 Å². The molecule has 0 unspecified atom stereocenters. The van der Waals surface area contributed by atoms with Crippen molar-refractivity contribution in [2.45, 2.75) is 0 Å². The lowest BCUT2D eigenvalue weighted by Crippen LogP contribution is -2.29. The molecule has 0 aliphatic heterocycles. The molecule has 0 radical (unpaired) electrons. The third kappa shape index (κ3) is 2.20. The van der Waals surface area contributed by atoms with Gasteiger partial charge in [0.05, 0.1) is 12.4 Å². The molecule has 0 aliphatic carbocycles. The standard InChI is InChI=1S/C10H12N4O2S/c1-13(2)17(15,16)14-8-10(7-12-14)9-4-3-5-11-6-9/h3-8H,1-2H3. The number of hydrogen-bond donors (Lipinski definition) is 0. The number of hydrogen-bond acceptors (Lipinski definition) is 4. The Balaban J connectivity index is 2.42. The lowest BCUT2D eigenvalue weighted by Gasteiger charge is -2.09. The highest BCUT2D eigenvalue weighted by Gasteiger charge is 2.17. The van der Waals surface area contributed by atoms with Crippen LogP contribution in [0.1, 0.15) is 0 Å². The van der Waals surface area contributed by atoms with Gasteiger partial charge in [-0.1, -0.05) is 6.07 Å². The maximum atomic E-state index is 11.8.